The van der Waals surface area contributed by atoms with Crippen molar-refractivity contribution < 1.29 is 22.7 Å². The van der Waals surface area contributed by atoms with Crippen LogP contribution in [0.5, 0.6) is 11.5 Å². The molecule has 0 radical (unpaired) electrons. The lowest BCUT2D eigenvalue weighted by Gasteiger charge is -2.23. The average Bonchev–Trinajstić information content (AvgIpc) is 3.12. The van der Waals surface area contributed by atoms with E-state index < -0.39 is 10.0 Å². The van der Waals surface area contributed by atoms with Gasteiger partial charge in [0.25, 0.3) is 0 Å². The molecule has 1 N–H and O–H groups in total. The van der Waals surface area contributed by atoms with Gasteiger partial charge < -0.3 is 14.8 Å². The van der Waals surface area contributed by atoms with Crippen LogP contribution in [0.4, 0.5) is 5.69 Å². The van der Waals surface area contributed by atoms with Gasteiger partial charge in [-0.25, -0.2) is 8.42 Å². The first-order chi connectivity index (χ1) is 13.3. The monoisotopic (exact) mass is 404 g/mol. The highest BCUT2D eigenvalue weighted by Crippen LogP contribution is 2.36. The number of nitrogens with zero attached hydrogens (tertiary/aromatic N) is 1. The van der Waals surface area contributed by atoms with Crippen molar-refractivity contribution in [1.82, 2.24) is 5.32 Å². The molecule has 0 fully saturated rings. The van der Waals surface area contributed by atoms with Crippen LogP contribution in [-0.4, -0.2) is 40.0 Å². The van der Waals surface area contributed by atoms with Gasteiger partial charge in [-0.05, 0) is 37.5 Å². The number of carbonyl (C=O) groups excluding carboxylic acids is 1. The minimum absolute atomic E-state index is 0.0779. The summed E-state index contributed by atoms with van der Waals surface area (Å²) in [6.45, 7) is 1.71. The number of rotatable bonds is 8. The van der Waals surface area contributed by atoms with Gasteiger partial charge in [-0.15, -0.1) is 0 Å². The molecule has 2 aromatic carbocycles. The molecule has 8 heteroatoms. The topological polar surface area (TPSA) is 84.9 Å². The first-order valence-corrected chi connectivity index (χ1v) is 10.9. The second-order valence-corrected chi connectivity index (χ2v) is 8.71. The van der Waals surface area contributed by atoms with E-state index in [0.29, 0.717) is 17.2 Å². The number of fused-ring (bicyclic) bond motifs is 1. The second-order valence-electron chi connectivity index (χ2n) is 6.80. The van der Waals surface area contributed by atoms with Gasteiger partial charge >= 0.3 is 0 Å². The molecule has 28 heavy (non-hydrogen) atoms. The summed E-state index contributed by atoms with van der Waals surface area (Å²) in [4.78, 5) is 12.5. The quantitative estimate of drug-likeness (QED) is 0.730. The summed E-state index contributed by atoms with van der Waals surface area (Å²) in [5.74, 6) is 0.655. The zero-order valence-corrected chi connectivity index (χ0v) is 16.7. The van der Waals surface area contributed by atoms with Crippen molar-refractivity contribution in [3.63, 3.8) is 0 Å². The molecule has 1 amide bonds. The zero-order valence-electron chi connectivity index (χ0n) is 15.9. The summed E-state index contributed by atoms with van der Waals surface area (Å²) in [6.07, 6.45) is 2.67. The molecular weight excluding hydrogens is 380 g/mol. The van der Waals surface area contributed by atoms with Crippen molar-refractivity contribution in [2.24, 2.45) is 0 Å². The van der Waals surface area contributed by atoms with Crippen LogP contribution in [0.2, 0.25) is 0 Å². The van der Waals surface area contributed by atoms with Gasteiger partial charge in [0.15, 0.2) is 11.5 Å². The Balaban J connectivity index is 1.62. The molecule has 1 aliphatic heterocycles. The van der Waals surface area contributed by atoms with Crippen molar-refractivity contribution in [3.05, 3.63) is 54.1 Å². The number of benzene rings is 2. The third-order valence-corrected chi connectivity index (χ3v) is 5.59. The lowest BCUT2D eigenvalue weighted by atomic mass is 10.1. The number of anilines is 1. The normalized spacial score (nSPS) is 13.8. The van der Waals surface area contributed by atoms with Gasteiger partial charge in [-0.3, -0.25) is 9.10 Å². The van der Waals surface area contributed by atoms with E-state index in [0.717, 1.165) is 23.4 Å². The molecule has 2 aromatic rings. The van der Waals surface area contributed by atoms with E-state index in [1.807, 2.05) is 37.3 Å². The first-order valence-electron chi connectivity index (χ1n) is 9.03. The Morgan fingerprint density at radius 1 is 1.14 bits per heavy atom. The fourth-order valence-corrected chi connectivity index (χ4v) is 3.84. The van der Waals surface area contributed by atoms with E-state index in [-0.39, 0.29) is 25.3 Å². The van der Waals surface area contributed by atoms with Crippen LogP contribution >= 0.6 is 0 Å². The van der Waals surface area contributed by atoms with Crippen LogP contribution in [0.1, 0.15) is 18.9 Å². The van der Waals surface area contributed by atoms with E-state index >= 15 is 0 Å². The molecule has 0 aliphatic carbocycles. The van der Waals surface area contributed by atoms with Crippen molar-refractivity contribution in [1.29, 1.82) is 0 Å². The minimum atomic E-state index is -3.65. The minimum Gasteiger partial charge on any atom is -0.454 e. The van der Waals surface area contributed by atoms with Crippen molar-refractivity contribution in [3.8, 4) is 11.5 Å². The molecular formula is C20H24N2O5S. The maximum Gasteiger partial charge on any atom is 0.240 e. The summed E-state index contributed by atoms with van der Waals surface area (Å²) < 4.78 is 36.1. The molecule has 0 bridgehead atoms. The van der Waals surface area contributed by atoms with Crippen LogP contribution in [-0.2, 0) is 21.2 Å². The number of hydrogen-bond donors (Lipinski definition) is 1. The van der Waals surface area contributed by atoms with Gasteiger partial charge in [0.1, 0.15) is 6.54 Å². The third-order valence-electron chi connectivity index (χ3n) is 4.45. The number of carbonyl (C=O) groups is 1. The molecule has 0 spiro atoms. The van der Waals surface area contributed by atoms with E-state index in [1.165, 1.54) is 5.56 Å². The SMILES string of the molecule is CC(CCc1ccccc1)NC(=O)CN(c1ccc2c(c1)OCO2)S(C)(=O)=O. The fraction of sp³-hybridized carbons (Fsp3) is 0.350. The molecule has 0 saturated heterocycles. The molecule has 1 atom stereocenters. The number of amides is 1. The van der Waals surface area contributed by atoms with Crippen LogP contribution in [0.15, 0.2) is 48.5 Å². The maximum atomic E-state index is 12.5. The fourth-order valence-electron chi connectivity index (χ4n) is 2.99. The Hall–Kier alpha value is -2.74. The van der Waals surface area contributed by atoms with E-state index in [1.54, 1.807) is 18.2 Å². The Bertz CT molecular complexity index is 931. The smallest absolute Gasteiger partial charge is 0.240 e. The van der Waals surface area contributed by atoms with E-state index in [9.17, 15) is 13.2 Å². The summed E-state index contributed by atoms with van der Waals surface area (Å²) in [5.41, 5.74) is 1.56. The van der Waals surface area contributed by atoms with Crippen LogP contribution in [0.25, 0.3) is 0 Å². The summed E-state index contributed by atoms with van der Waals surface area (Å²) in [6, 6.07) is 14.7. The predicted molar refractivity (Wildman–Crippen MR) is 107 cm³/mol. The molecule has 0 saturated carbocycles. The van der Waals surface area contributed by atoms with Crippen molar-refractivity contribution >= 4 is 21.6 Å². The molecule has 7 nitrogen and oxygen atoms in total. The number of aryl methyl sites for hydroxylation is 1. The molecule has 1 unspecified atom stereocenters. The largest absolute Gasteiger partial charge is 0.454 e. The highest BCUT2D eigenvalue weighted by molar-refractivity contribution is 7.92. The van der Waals surface area contributed by atoms with Gasteiger partial charge in [-0.2, -0.15) is 0 Å². The Kier molecular flexibility index (Phi) is 6.08. The zero-order chi connectivity index (χ0) is 20.1. The standard InChI is InChI=1S/C20H24N2O5S/c1-15(8-9-16-6-4-3-5-7-16)21-20(23)13-22(28(2,24)25)17-10-11-18-19(12-17)27-14-26-18/h3-7,10-12,15H,8-9,13-14H2,1-2H3,(H,21,23). The van der Waals surface area contributed by atoms with Gasteiger partial charge in [0.2, 0.25) is 22.7 Å². The van der Waals surface area contributed by atoms with Gasteiger partial charge in [-0.1, -0.05) is 30.3 Å². The lowest BCUT2D eigenvalue weighted by Crippen LogP contribution is -2.43. The highest BCUT2D eigenvalue weighted by atomic mass is 32.2. The predicted octanol–water partition coefficient (Wildman–Crippen LogP) is 2.32. The van der Waals surface area contributed by atoms with E-state index in [2.05, 4.69) is 5.32 Å². The average molecular weight is 404 g/mol. The summed E-state index contributed by atoms with van der Waals surface area (Å²) in [7, 11) is -3.65. The molecule has 0 aromatic heterocycles. The molecule has 3 rings (SSSR count). The van der Waals surface area contributed by atoms with Crippen LogP contribution < -0.4 is 19.1 Å². The number of sulfonamides is 1. The van der Waals surface area contributed by atoms with Crippen LogP contribution in [0.3, 0.4) is 0 Å². The van der Waals surface area contributed by atoms with Crippen LogP contribution in [0, 0.1) is 0 Å². The Morgan fingerprint density at radius 3 is 2.57 bits per heavy atom. The van der Waals surface area contributed by atoms with Gasteiger partial charge in [0, 0.05) is 12.1 Å². The van der Waals surface area contributed by atoms with Crippen molar-refractivity contribution in [2.75, 3.05) is 23.9 Å². The van der Waals surface area contributed by atoms with E-state index in [4.69, 9.17) is 9.47 Å². The third kappa shape index (κ3) is 5.16. The number of nitrogens with one attached hydrogen (secondary N) is 1. The highest BCUT2D eigenvalue weighted by Gasteiger charge is 2.24. The Morgan fingerprint density at radius 2 is 1.86 bits per heavy atom. The number of ether oxygens (including phenoxy) is 2. The van der Waals surface area contributed by atoms with Crippen molar-refractivity contribution in [2.45, 2.75) is 25.8 Å². The van der Waals surface area contributed by atoms with Gasteiger partial charge in [0.05, 0.1) is 11.9 Å². The molecule has 1 heterocycles. The number of hydrogen-bond acceptors (Lipinski definition) is 5. The lowest BCUT2D eigenvalue weighted by molar-refractivity contribution is -0.120. The maximum absolute atomic E-state index is 12.5. The first kappa shape index (κ1) is 20.0. The second kappa shape index (κ2) is 8.52. The summed E-state index contributed by atoms with van der Waals surface area (Å²) in [5, 5.41) is 2.87. The Labute approximate surface area is 165 Å². The summed E-state index contributed by atoms with van der Waals surface area (Å²) >= 11 is 0. The molecule has 150 valence electrons. The molecule has 1 aliphatic rings.